The molecule has 1 aromatic carbocycles. The highest BCUT2D eigenvalue weighted by Crippen LogP contribution is 2.24. The van der Waals surface area contributed by atoms with E-state index in [1.165, 1.54) is 11.1 Å². The van der Waals surface area contributed by atoms with Gasteiger partial charge in [-0.3, -0.25) is 0 Å². The zero-order valence-corrected chi connectivity index (χ0v) is 13.6. The molecular weight excluding hydrogens is 272 g/mol. The summed E-state index contributed by atoms with van der Waals surface area (Å²) < 4.78 is 0. The standard InChI is InChI=1S/C18H24N4/c1-4-13(2)19-17-11-18(21-14(3)20-17)22-10-9-15-7-5-6-8-16(15)12-22/h5-8,11,13H,4,9-10,12H2,1-3H3,(H,19,20,21)/t13-/m0/s1. The van der Waals surface area contributed by atoms with E-state index in [0.29, 0.717) is 6.04 Å². The molecule has 0 aliphatic carbocycles. The van der Waals surface area contributed by atoms with Gasteiger partial charge in [0, 0.05) is 25.2 Å². The van der Waals surface area contributed by atoms with Gasteiger partial charge in [0.1, 0.15) is 17.5 Å². The number of nitrogens with zero attached hydrogens (tertiary/aromatic N) is 3. The Bertz CT molecular complexity index is 653. The number of hydrogen-bond acceptors (Lipinski definition) is 4. The van der Waals surface area contributed by atoms with Crippen molar-refractivity contribution in [3.8, 4) is 0 Å². The minimum Gasteiger partial charge on any atom is -0.367 e. The molecule has 4 nitrogen and oxygen atoms in total. The van der Waals surface area contributed by atoms with E-state index >= 15 is 0 Å². The van der Waals surface area contributed by atoms with E-state index in [1.807, 2.05) is 6.92 Å². The van der Waals surface area contributed by atoms with Crippen LogP contribution in [-0.2, 0) is 13.0 Å². The SMILES string of the molecule is CC[C@H](C)Nc1cc(N2CCc3ccccc3C2)nc(C)n1. The highest BCUT2D eigenvalue weighted by Gasteiger charge is 2.18. The van der Waals surface area contributed by atoms with Crippen LogP contribution in [0.5, 0.6) is 0 Å². The Balaban J connectivity index is 1.83. The molecule has 0 fully saturated rings. The van der Waals surface area contributed by atoms with Crippen molar-refractivity contribution in [1.82, 2.24) is 9.97 Å². The van der Waals surface area contributed by atoms with Crippen molar-refractivity contribution in [1.29, 1.82) is 0 Å². The van der Waals surface area contributed by atoms with Crippen LogP contribution in [0.25, 0.3) is 0 Å². The number of anilines is 2. The van der Waals surface area contributed by atoms with Gasteiger partial charge >= 0.3 is 0 Å². The minimum absolute atomic E-state index is 0.421. The Morgan fingerprint density at radius 2 is 2.00 bits per heavy atom. The largest absolute Gasteiger partial charge is 0.367 e. The molecule has 0 radical (unpaired) electrons. The molecule has 3 rings (SSSR count). The van der Waals surface area contributed by atoms with Gasteiger partial charge in [0.15, 0.2) is 0 Å². The first-order valence-electron chi connectivity index (χ1n) is 8.09. The van der Waals surface area contributed by atoms with Gasteiger partial charge in [0.2, 0.25) is 0 Å². The molecule has 4 heteroatoms. The summed E-state index contributed by atoms with van der Waals surface area (Å²) in [4.78, 5) is 11.5. The van der Waals surface area contributed by atoms with E-state index in [-0.39, 0.29) is 0 Å². The molecule has 0 unspecified atom stereocenters. The molecule has 2 aromatic rings. The zero-order valence-electron chi connectivity index (χ0n) is 13.6. The van der Waals surface area contributed by atoms with E-state index in [4.69, 9.17) is 0 Å². The third-order valence-corrected chi connectivity index (χ3v) is 4.29. The fraction of sp³-hybridized carbons (Fsp3) is 0.444. The summed E-state index contributed by atoms with van der Waals surface area (Å²) in [5.74, 6) is 2.77. The molecule has 1 aromatic heterocycles. The number of rotatable bonds is 4. The van der Waals surface area contributed by atoms with Crippen LogP contribution in [0.4, 0.5) is 11.6 Å². The molecule has 22 heavy (non-hydrogen) atoms. The Hall–Kier alpha value is -2.10. The summed E-state index contributed by atoms with van der Waals surface area (Å²) in [7, 11) is 0. The molecule has 1 aliphatic rings. The number of nitrogens with one attached hydrogen (secondary N) is 1. The molecule has 1 atom stereocenters. The maximum Gasteiger partial charge on any atom is 0.134 e. The fourth-order valence-corrected chi connectivity index (χ4v) is 2.83. The summed E-state index contributed by atoms with van der Waals surface area (Å²) in [6.45, 7) is 8.25. The normalized spacial score (nSPS) is 15.3. The van der Waals surface area contributed by atoms with Crippen molar-refractivity contribution in [2.45, 2.75) is 46.2 Å². The predicted octanol–water partition coefficient (Wildman–Crippen LogP) is 3.56. The van der Waals surface area contributed by atoms with Crippen molar-refractivity contribution in [2.24, 2.45) is 0 Å². The van der Waals surface area contributed by atoms with Crippen LogP contribution in [-0.4, -0.2) is 22.6 Å². The second kappa shape index (κ2) is 6.34. The minimum atomic E-state index is 0.421. The predicted molar refractivity (Wildman–Crippen MR) is 91.3 cm³/mol. The first-order valence-corrected chi connectivity index (χ1v) is 8.09. The van der Waals surface area contributed by atoms with E-state index in [0.717, 1.165) is 43.4 Å². The molecular formula is C18H24N4. The zero-order chi connectivity index (χ0) is 15.5. The number of hydrogen-bond donors (Lipinski definition) is 1. The lowest BCUT2D eigenvalue weighted by atomic mass is 10.00. The fourth-order valence-electron chi connectivity index (χ4n) is 2.83. The van der Waals surface area contributed by atoms with Crippen molar-refractivity contribution in [3.05, 3.63) is 47.3 Å². The number of aromatic nitrogens is 2. The molecule has 1 aliphatic heterocycles. The highest BCUT2D eigenvalue weighted by molar-refractivity contribution is 5.51. The third-order valence-electron chi connectivity index (χ3n) is 4.29. The molecule has 2 heterocycles. The van der Waals surface area contributed by atoms with Gasteiger partial charge in [-0.2, -0.15) is 0 Å². The van der Waals surface area contributed by atoms with E-state index in [2.05, 4.69) is 64.4 Å². The summed E-state index contributed by atoms with van der Waals surface area (Å²) in [5, 5.41) is 3.45. The maximum absolute atomic E-state index is 4.64. The van der Waals surface area contributed by atoms with Crippen molar-refractivity contribution >= 4 is 11.6 Å². The van der Waals surface area contributed by atoms with Gasteiger partial charge in [-0.1, -0.05) is 31.2 Å². The average molecular weight is 296 g/mol. The second-order valence-electron chi connectivity index (χ2n) is 6.05. The van der Waals surface area contributed by atoms with Crippen LogP contribution in [0.15, 0.2) is 30.3 Å². The third kappa shape index (κ3) is 3.21. The lowest BCUT2D eigenvalue weighted by Gasteiger charge is -2.30. The topological polar surface area (TPSA) is 41.0 Å². The number of aryl methyl sites for hydroxylation is 1. The highest BCUT2D eigenvalue weighted by atomic mass is 15.2. The Morgan fingerprint density at radius 1 is 1.23 bits per heavy atom. The quantitative estimate of drug-likeness (QED) is 0.936. The maximum atomic E-state index is 4.64. The van der Waals surface area contributed by atoms with Crippen LogP contribution in [0.1, 0.15) is 37.2 Å². The van der Waals surface area contributed by atoms with Gasteiger partial charge in [-0.05, 0) is 37.8 Å². The molecule has 0 saturated carbocycles. The van der Waals surface area contributed by atoms with Crippen LogP contribution >= 0.6 is 0 Å². The van der Waals surface area contributed by atoms with Crippen LogP contribution in [0.3, 0.4) is 0 Å². The Kier molecular flexibility index (Phi) is 4.27. The number of fused-ring (bicyclic) bond motifs is 1. The Morgan fingerprint density at radius 3 is 2.77 bits per heavy atom. The van der Waals surface area contributed by atoms with Gasteiger partial charge in [0.05, 0.1) is 0 Å². The van der Waals surface area contributed by atoms with Gasteiger partial charge < -0.3 is 10.2 Å². The van der Waals surface area contributed by atoms with Crippen LogP contribution in [0, 0.1) is 6.92 Å². The van der Waals surface area contributed by atoms with Gasteiger partial charge in [-0.15, -0.1) is 0 Å². The van der Waals surface area contributed by atoms with Crippen molar-refractivity contribution in [3.63, 3.8) is 0 Å². The van der Waals surface area contributed by atoms with Crippen LogP contribution < -0.4 is 10.2 Å². The lowest BCUT2D eigenvalue weighted by Crippen LogP contribution is -2.31. The van der Waals surface area contributed by atoms with E-state index < -0.39 is 0 Å². The molecule has 0 bridgehead atoms. The Labute approximate surface area is 132 Å². The van der Waals surface area contributed by atoms with Gasteiger partial charge in [0.25, 0.3) is 0 Å². The smallest absolute Gasteiger partial charge is 0.134 e. The summed E-state index contributed by atoms with van der Waals surface area (Å²) in [6.07, 6.45) is 2.16. The molecule has 0 amide bonds. The monoisotopic (exact) mass is 296 g/mol. The second-order valence-corrected chi connectivity index (χ2v) is 6.05. The first-order chi connectivity index (χ1) is 10.7. The van der Waals surface area contributed by atoms with Crippen LogP contribution in [0.2, 0.25) is 0 Å². The first kappa shape index (κ1) is 14.8. The lowest BCUT2D eigenvalue weighted by molar-refractivity contribution is 0.714. The van der Waals surface area contributed by atoms with Crippen molar-refractivity contribution in [2.75, 3.05) is 16.8 Å². The summed E-state index contributed by atoms with van der Waals surface area (Å²) in [6, 6.07) is 11.2. The molecule has 1 N–H and O–H groups in total. The van der Waals surface area contributed by atoms with Gasteiger partial charge in [-0.25, -0.2) is 9.97 Å². The molecule has 0 spiro atoms. The summed E-state index contributed by atoms with van der Waals surface area (Å²) >= 11 is 0. The molecule has 116 valence electrons. The van der Waals surface area contributed by atoms with Crippen molar-refractivity contribution < 1.29 is 0 Å². The summed E-state index contributed by atoms with van der Waals surface area (Å²) in [5.41, 5.74) is 2.86. The van der Waals surface area contributed by atoms with E-state index in [1.54, 1.807) is 0 Å². The van der Waals surface area contributed by atoms with E-state index in [9.17, 15) is 0 Å². The average Bonchev–Trinajstić information content (AvgIpc) is 2.53. The molecule has 0 saturated heterocycles. The number of benzene rings is 1.